The monoisotopic (exact) mass is 365 g/mol. The van der Waals surface area contributed by atoms with Crippen LogP contribution in [0, 0.1) is 6.92 Å². The lowest BCUT2D eigenvalue weighted by molar-refractivity contribution is -0.117. The van der Waals surface area contributed by atoms with E-state index in [-0.39, 0.29) is 5.91 Å². The van der Waals surface area contributed by atoms with E-state index in [1.165, 1.54) is 13.2 Å². The third-order valence-electron chi connectivity index (χ3n) is 3.24. The first-order chi connectivity index (χ1) is 11.9. The maximum Gasteiger partial charge on any atom is 0.248 e. The summed E-state index contributed by atoms with van der Waals surface area (Å²) < 4.78 is 15.8. The molecule has 1 atom stereocenters. The summed E-state index contributed by atoms with van der Waals surface area (Å²) in [6, 6.07) is 3.05. The van der Waals surface area contributed by atoms with Crippen molar-refractivity contribution < 1.29 is 18.8 Å². The van der Waals surface area contributed by atoms with Gasteiger partial charge in [-0.25, -0.2) is 0 Å². The van der Waals surface area contributed by atoms with Gasteiger partial charge in [0, 0.05) is 6.08 Å². The SMILES string of the molecule is CCOc1cc(/C=C/C(=O)NC(C)c2nc(C)no2)cc(Cl)c1OC. The molecule has 0 radical (unpaired) electrons. The number of hydrogen-bond donors (Lipinski definition) is 1. The zero-order valence-electron chi connectivity index (χ0n) is 14.5. The maximum absolute atomic E-state index is 12.0. The molecule has 1 aromatic heterocycles. The zero-order chi connectivity index (χ0) is 18.4. The van der Waals surface area contributed by atoms with E-state index in [1.54, 1.807) is 32.1 Å². The van der Waals surface area contributed by atoms with E-state index in [2.05, 4.69) is 15.5 Å². The molecule has 1 unspecified atom stereocenters. The van der Waals surface area contributed by atoms with Crippen molar-refractivity contribution >= 4 is 23.6 Å². The number of hydrogen-bond acceptors (Lipinski definition) is 6. The molecule has 8 heteroatoms. The van der Waals surface area contributed by atoms with Crippen molar-refractivity contribution in [2.45, 2.75) is 26.8 Å². The first kappa shape index (κ1) is 18.8. The summed E-state index contributed by atoms with van der Waals surface area (Å²) in [6.07, 6.45) is 3.03. The Balaban J connectivity index is 2.08. The van der Waals surface area contributed by atoms with E-state index in [0.717, 1.165) is 0 Å². The second-order valence-electron chi connectivity index (χ2n) is 5.21. The summed E-state index contributed by atoms with van der Waals surface area (Å²) in [5, 5.41) is 6.85. The number of nitrogens with zero attached hydrogens (tertiary/aromatic N) is 2. The molecule has 2 rings (SSSR count). The molecule has 0 aliphatic heterocycles. The van der Waals surface area contributed by atoms with Crippen molar-refractivity contribution in [2.24, 2.45) is 0 Å². The van der Waals surface area contributed by atoms with Gasteiger partial charge in [0.15, 0.2) is 17.3 Å². The number of amides is 1. The number of nitrogens with one attached hydrogen (secondary N) is 1. The number of carbonyl (C=O) groups is 1. The van der Waals surface area contributed by atoms with Crippen LogP contribution in [0.2, 0.25) is 5.02 Å². The second-order valence-corrected chi connectivity index (χ2v) is 5.62. The van der Waals surface area contributed by atoms with Crippen LogP contribution < -0.4 is 14.8 Å². The molecule has 0 aliphatic rings. The zero-order valence-corrected chi connectivity index (χ0v) is 15.3. The van der Waals surface area contributed by atoms with Gasteiger partial charge in [-0.05, 0) is 44.5 Å². The van der Waals surface area contributed by atoms with Crippen molar-refractivity contribution in [1.82, 2.24) is 15.5 Å². The maximum atomic E-state index is 12.0. The van der Waals surface area contributed by atoms with Gasteiger partial charge in [0.1, 0.15) is 6.04 Å². The molecule has 0 bridgehead atoms. The molecule has 1 aromatic carbocycles. The van der Waals surface area contributed by atoms with Crippen LogP contribution >= 0.6 is 11.6 Å². The average molecular weight is 366 g/mol. The van der Waals surface area contributed by atoms with Gasteiger partial charge in [-0.3, -0.25) is 4.79 Å². The molecule has 0 aliphatic carbocycles. The van der Waals surface area contributed by atoms with E-state index >= 15 is 0 Å². The van der Waals surface area contributed by atoms with E-state index in [0.29, 0.717) is 40.4 Å². The Kier molecular flexibility index (Phi) is 6.41. The first-order valence-corrected chi connectivity index (χ1v) is 8.11. The number of rotatable bonds is 7. The van der Waals surface area contributed by atoms with Crippen molar-refractivity contribution in [3.8, 4) is 11.5 Å². The highest BCUT2D eigenvalue weighted by Gasteiger charge is 2.14. The minimum Gasteiger partial charge on any atom is -0.491 e. The van der Waals surface area contributed by atoms with Crippen LogP contribution in [0.25, 0.3) is 6.08 Å². The van der Waals surface area contributed by atoms with Gasteiger partial charge in [-0.2, -0.15) is 4.98 Å². The summed E-state index contributed by atoms with van der Waals surface area (Å²) in [7, 11) is 1.52. The van der Waals surface area contributed by atoms with Gasteiger partial charge in [0.05, 0.1) is 18.7 Å². The summed E-state index contributed by atoms with van der Waals surface area (Å²) >= 11 is 6.19. The highest BCUT2D eigenvalue weighted by molar-refractivity contribution is 6.32. The number of ether oxygens (including phenoxy) is 2. The molecular formula is C17H20ClN3O4. The van der Waals surface area contributed by atoms with Gasteiger partial charge >= 0.3 is 0 Å². The third kappa shape index (κ3) is 4.96. The Morgan fingerprint density at radius 3 is 2.84 bits per heavy atom. The Hall–Kier alpha value is -2.54. The Morgan fingerprint density at radius 2 is 2.24 bits per heavy atom. The molecule has 0 fully saturated rings. The van der Waals surface area contributed by atoms with E-state index in [1.807, 2.05) is 6.92 Å². The highest BCUT2D eigenvalue weighted by atomic mass is 35.5. The van der Waals surface area contributed by atoms with Crippen molar-refractivity contribution in [3.05, 3.63) is 40.5 Å². The Labute approximate surface area is 151 Å². The molecule has 25 heavy (non-hydrogen) atoms. The number of halogens is 1. The lowest BCUT2D eigenvalue weighted by atomic mass is 10.2. The molecule has 0 saturated heterocycles. The van der Waals surface area contributed by atoms with E-state index in [9.17, 15) is 4.79 Å². The topological polar surface area (TPSA) is 86.5 Å². The molecule has 1 N–H and O–H groups in total. The summed E-state index contributed by atoms with van der Waals surface area (Å²) in [4.78, 5) is 16.1. The van der Waals surface area contributed by atoms with Crippen LogP contribution in [0.3, 0.4) is 0 Å². The van der Waals surface area contributed by atoms with Gasteiger partial charge in [-0.1, -0.05) is 16.8 Å². The van der Waals surface area contributed by atoms with Crippen LogP contribution in [0.15, 0.2) is 22.7 Å². The number of aromatic nitrogens is 2. The lowest BCUT2D eigenvalue weighted by Crippen LogP contribution is -2.24. The van der Waals surface area contributed by atoms with Crippen LogP contribution in [0.4, 0.5) is 0 Å². The molecule has 1 heterocycles. The van der Waals surface area contributed by atoms with Crippen molar-refractivity contribution in [2.75, 3.05) is 13.7 Å². The predicted molar refractivity (Wildman–Crippen MR) is 93.8 cm³/mol. The van der Waals surface area contributed by atoms with Gasteiger partial charge < -0.3 is 19.3 Å². The minimum absolute atomic E-state index is 0.298. The van der Waals surface area contributed by atoms with Crippen molar-refractivity contribution in [1.29, 1.82) is 0 Å². The largest absolute Gasteiger partial charge is 0.491 e. The first-order valence-electron chi connectivity index (χ1n) is 7.73. The van der Waals surface area contributed by atoms with Gasteiger partial charge in [-0.15, -0.1) is 0 Å². The molecule has 134 valence electrons. The second kappa shape index (κ2) is 8.53. The highest BCUT2D eigenvalue weighted by Crippen LogP contribution is 2.36. The smallest absolute Gasteiger partial charge is 0.248 e. The molecule has 0 saturated carbocycles. The third-order valence-corrected chi connectivity index (χ3v) is 3.52. The fourth-order valence-corrected chi connectivity index (χ4v) is 2.43. The molecule has 2 aromatic rings. The fourth-order valence-electron chi connectivity index (χ4n) is 2.13. The summed E-state index contributed by atoms with van der Waals surface area (Å²) in [5.41, 5.74) is 0.714. The van der Waals surface area contributed by atoms with Crippen LogP contribution in [0.1, 0.15) is 37.2 Å². The number of carbonyl (C=O) groups excluding carboxylic acids is 1. The van der Waals surface area contributed by atoms with Gasteiger partial charge in [0.25, 0.3) is 0 Å². The summed E-state index contributed by atoms with van der Waals surface area (Å²) in [6.45, 7) is 5.81. The molecule has 1 amide bonds. The normalized spacial score (nSPS) is 12.2. The Bertz CT molecular complexity index is 773. The van der Waals surface area contributed by atoms with Crippen LogP contribution in [-0.4, -0.2) is 29.8 Å². The molecule has 0 spiro atoms. The quantitative estimate of drug-likeness (QED) is 0.757. The fraction of sp³-hybridized carbons (Fsp3) is 0.353. The predicted octanol–water partition coefficient (Wildman–Crippen LogP) is 3.33. The molecular weight excluding hydrogens is 346 g/mol. The van der Waals surface area contributed by atoms with Crippen molar-refractivity contribution in [3.63, 3.8) is 0 Å². The standard InChI is InChI=1S/C17H20ClN3O4/c1-5-24-14-9-12(8-13(18)16(14)23-4)6-7-15(22)19-10(2)17-20-11(3)21-25-17/h6-10H,5H2,1-4H3,(H,19,22)/b7-6+. The Morgan fingerprint density at radius 1 is 1.48 bits per heavy atom. The lowest BCUT2D eigenvalue weighted by Gasteiger charge is -2.12. The summed E-state index contributed by atoms with van der Waals surface area (Å²) in [5.74, 6) is 1.55. The van der Waals surface area contributed by atoms with Gasteiger partial charge in [0.2, 0.25) is 11.8 Å². The number of benzene rings is 1. The van der Waals surface area contributed by atoms with E-state index in [4.69, 9.17) is 25.6 Å². The van der Waals surface area contributed by atoms with Crippen LogP contribution in [-0.2, 0) is 4.79 Å². The number of aryl methyl sites for hydroxylation is 1. The molecule has 7 nitrogen and oxygen atoms in total. The average Bonchev–Trinajstić information content (AvgIpc) is 3.00. The van der Waals surface area contributed by atoms with E-state index < -0.39 is 6.04 Å². The minimum atomic E-state index is -0.392. The number of methoxy groups -OCH3 is 1. The van der Waals surface area contributed by atoms with Crippen LogP contribution in [0.5, 0.6) is 11.5 Å².